The number of aromatic nitrogens is 5. The molecular weight excluding hydrogens is 468 g/mol. The van der Waals surface area contributed by atoms with Crippen LogP contribution in [0.2, 0.25) is 0 Å². The van der Waals surface area contributed by atoms with Gasteiger partial charge in [0.2, 0.25) is 11.9 Å². The molecule has 6 rings (SSSR count). The van der Waals surface area contributed by atoms with Crippen LogP contribution < -0.4 is 15.1 Å². The second-order valence-electron chi connectivity index (χ2n) is 9.29. The summed E-state index contributed by atoms with van der Waals surface area (Å²) >= 11 is 0. The number of aliphatic hydroxyl groups is 1. The standard InChI is InChI=1S/C27H30N8O2/c36-24-9-12-34(13-10-24)27-29-19-35(32-27)22-6-4-21(5-7-22)30-26-28-11-8-25(31-26)20-2-1-3-23(18-20)33-14-16-37-17-15-33/h1-8,11,18-19,24,36H,9-10,12-17H2,(H,28,30,31). The molecule has 2 N–H and O–H groups in total. The molecule has 2 aromatic carbocycles. The van der Waals surface area contributed by atoms with Crippen molar-refractivity contribution in [2.24, 2.45) is 0 Å². The number of aliphatic hydroxyl groups excluding tert-OH is 1. The van der Waals surface area contributed by atoms with E-state index in [1.807, 2.05) is 30.3 Å². The summed E-state index contributed by atoms with van der Waals surface area (Å²) in [6.07, 6.45) is 4.77. The maximum Gasteiger partial charge on any atom is 0.245 e. The zero-order chi connectivity index (χ0) is 25.0. The van der Waals surface area contributed by atoms with Gasteiger partial charge in [-0.05, 0) is 55.3 Å². The molecule has 37 heavy (non-hydrogen) atoms. The van der Waals surface area contributed by atoms with Crippen molar-refractivity contribution in [1.82, 2.24) is 24.7 Å². The first kappa shape index (κ1) is 23.4. The second kappa shape index (κ2) is 10.5. The van der Waals surface area contributed by atoms with Gasteiger partial charge in [-0.3, -0.25) is 0 Å². The fourth-order valence-electron chi connectivity index (χ4n) is 4.68. The summed E-state index contributed by atoms with van der Waals surface area (Å²) in [4.78, 5) is 18.1. The number of nitrogens with one attached hydrogen (secondary N) is 1. The van der Waals surface area contributed by atoms with Crippen LogP contribution >= 0.6 is 0 Å². The molecule has 0 saturated carbocycles. The third-order valence-corrected chi connectivity index (χ3v) is 6.79. The minimum Gasteiger partial charge on any atom is -0.393 e. The molecule has 0 bridgehead atoms. The molecule has 2 aliphatic rings. The number of piperidine rings is 1. The third-order valence-electron chi connectivity index (χ3n) is 6.79. The van der Waals surface area contributed by atoms with Crippen LogP contribution in [0.1, 0.15) is 12.8 Å². The van der Waals surface area contributed by atoms with Gasteiger partial charge in [0.25, 0.3) is 0 Å². The summed E-state index contributed by atoms with van der Waals surface area (Å²) in [5.41, 5.74) is 4.89. The van der Waals surface area contributed by atoms with Gasteiger partial charge in [-0.1, -0.05) is 12.1 Å². The van der Waals surface area contributed by atoms with Gasteiger partial charge >= 0.3 is 0 Å². The van der Waals surface area contributed by atoms with Gasteiger partial charge in [0.15, 0.2) is 0 Å². The second-order valence-corrected chi connectivity index (χ2v) is 9.29. The van der Waals surface area contributed by atoms with Crippen LogP contribution in [0.3, 0.4) is 0 Å². The Hall–Kier alpha value is -4.02. The van der Waals surface area contributed by atoms with Crippen molar-refractivity contribution in [3.63, 3.8) is 0 Å². The molecule has 10 heteroatoms. The molecule has 2 fully saturated rings. The summed E-state index contributed by atoms with van der Waals surface area (Å²) in [5, 5.41) is 17.7. The summed E-state index contributed by atoms with van der Waals surface area (Å²) < 4.78 is 7.25. The molecule has 4 heterocycles. The number of rotatable bonds is 6. The first-order valence-electron chi connectivity index (χ1n) is 12.7. The average molecular weight is 499 g/mol. The maximum absolute atomic E-state index is 9.73. The number of nitrogens with zero attached hydrogens (tertiary/aromatic N) is 7. The highest BCUT2D eigenvalue weighted by atomic mass is 16.5. The highest BCUT2D eigenvalue weighted by molar-refractivity contribution is 5.67. The molecule has 10 nitrogen and oxygen atoms in total. The van der Waals surface area contributed by atoms with Crippen LogP contribution in [-0.4, -0.2) is 75.3 Å². The quantitative estimate of drug-likeness (QED) is 0.414. The Morgan fingerprint density at radius 3 is 2.49 bits per heavy atom. The number of ether oxygens (including phenoxy) is 1. The smallest absolute Gasteiger partial charge is 0.245 e. The lowest BCUT2D eigenvalue weighted by molar-refractivity contribution is 0.122. The van der Waals surface area contributed by atoms with E-state index in [4.69, 9.17) is 9.72 Å². The van der Waals surface area contributed by atoms with Gasteiger partial charge in [-0.15, -0.1) is 5.10 Å². The molecule has 0 aliphatic carbocycles. The Balaban J connectivity index is 1.13. The molecule has 2 aromatic heterocycles. The fourth-order valence-corrected chi connectivity index (χ4v) is 4.68. The van der Waals surface area contributed by atoms with Gasteiger partial charge in [-0.25, -0.2) is 14.6 Å². The van der Waals surface area contributed by atoms with Crippen LogP contribution in [0, 0.1) is 0 Å². The van der Waals surface area contributed by atoms with Crippen molar-refractivity contribution < 1.29 is 9.84 Å². The number of hydrogen-bond donors (Lipinski definition) is 2. The monoisotopic (exact) mass is 498 g/mol. The van der Waals surface area contributed by atoms with Crippen molar-refractivity contribution >= 4 is 23.3 Å². The topological polar surface area (TPSA) is 104 Å². The predicted octanol–water partition coefficient (Wildman–Crippen LogP) is 3.27. The van der Waals surface area contributed by atoms with E-state index in [9.17, 15) is 5.11 Å². The highest BCUT2D eigenvalue weighted by Crippen LogP contribution is 2.25. The zero-order valence-electron chi connectivity index (χ0n) is 20.6. The van der Waals surface area contributed by atoms with Gasteiger partial charge in [0.1, 0.15) is 6.33 Å². The largest absolute Gasteiger partial charge is 0.393 e. The first-order chi connectivity index (χ1) is 18.2. The number of anilines is 4. The van der Waals surface area contributed by atoms with E-state index in [0.717, 1.165) is 74.9 Å². The minimum absolute atomic E-state index is 0.219. The van der Waals surface area contributed by atoms with Crippen molar-refractivity contribution in [3.8, 4) is 16.9 Å². The van der Waals surface area contributed by atoms with E-state index in [2.05, 4.69) is 54.4 Å². The van der Waals surface area contributed by atoms with Crippen molar-refractivity contribution in [2.45, 2.75) is 18.9 Å². The lowest BCUT2D eigenvalue weighted by atomic mass is 10.1. The molecule has 2 aliphatic heterocycles. The molecule has 0 unspecified atom stereocenters. The predicted molar refractivity (Wildman–Crippen MR) is 143 cm³/mol. The maximum atomic E-state index is 9.73. The summed E-state index contributed by atoms with van der Waals surface area (Å²) in [6, 6.07) is 18.3. The van der Waals surface area contributed by atoms with Gasteiger partial charge in [-0.2, -0.15) is 4.98 Å². The molecule has 4 aromatic rings. The molecule has 0 radical (unpaired) electrons. The highest BCUT2D eigenvalue weighted by Gasteiger charge is 2.20. The summed E-state index contributed by atoms with van der Waals surface area (Å²) in [5.74, 6) is 1.23. The number of benzene rings is 2. The van der Waals surface area contributed by atoms with Gasteiger partial charge < -0.3 is 25.0 Å². The van der Waals surface area contributed by atoms with Crippen molar-refractivity contribution in [3.05, 3.63) is 67.1 Å². The fraction of sp³-hybridized carbons (Fsp3) is 0.333. The van der Waals surface area contributed by atoms with Crippen LogP contribution in [0.5, 0.6) is 0 Å². The van der Waals surface area contributed by atoms with Crippen molar-refractivity contribution in [1.29, 1.82) is 0 Å². The Bertz CT molecular complexity index is 1330. The molecular formula is C27H30N8O2. The van der Waals surface area contributed by atoms with E-state index in [0.29, 0.717) is 11.9 Å². The zero-order valence-corrected chi connectivity index (χ0v) is 20.6. The van der Waals surface area contributed by atoms with E-state index >= 15 is 0 Å². The molecule has 2 saturated heterocycles. The molecule has 190 valence electrons. The Morgan fingerprint density at radius 1 is 0.865 bits per heavy atom. The normalized spacial score (nSPS) is 16.7. The van der Waals surface area contributed by atoms with Gasteiger partial charge in [0.05, 0.1) is 30.7 Å². The van der Waals surface area contributed by atoms with Crippen LogP contribution in [0.15, 0.2) is 67.1 Å². The minimum atomic E-state index is -0.219. The number of hydrogen-bond acceptors (Lipinski definition) is 9. The van der Waals surface area contributed by atoms with Crippen LogP contribution in [-0.2, 0) is 4.74 Å². The molecule has 0 spiro atoms. The van der Waals surface area contributed by atoms with Gasteiger partial charge in [0, 0.05) is 49.3 Å². The van der Waals surface area contributed by atoms with E-state index in [1.165, 1.54) is 5.69 Å². The number of morpholine rings is 1. The average Bonchev–Trinajstić information content (AvgIpc) is 3.45. The van der Waals surface area contributed by atoms with E-state index in [1.54, 1.807) is 17.2 Å². The molecule has 0 atom stereocenters. The van der Waals surface area contributed by atoms with Crippen LogP contribution in [0.25, 0.3) is 16.9 Å². The lowest BCUT2D eigenvalue weighted by Gasteiger charge is -2.29. The third kappa shape index (κ3) is 5.40. The Labute approximate surface area is 215 Å². The van der Waals surface area contributed by atoms with E-state index < -0.39 is 0 Å². The Morgan fingerprint density at radius 2 is 1.68 bits per heavy atom. The Kier molecular flexibility index (Phi) is 6.66. The SMILES string of the molecule is OC1CCN(c2ncn(-c3ccc(Nc4nccc(-c5cccc(N6CCOCC6)c5)n4)cc3)n2)CC1. The summed E-state index contributed by atoms with van der Waals surface area (Å²) in [6.45, 7) is 4.84. The van der Waals surface area contributed by atoms with Crippen molar-refractivity contribution in [2.75, 3.05) is 54.5 Å². The lowest BCUT2D eigenvalue weighted by Crippen LogP contribution is -2.36. The molecule has 0 amide bonds. The first-order valence-corrected chi connectivity index (χ1v) is 12.7. The van der Waals surface area contributed by atoms with Crippen LogP contribution in [0.4, 0.5) is 23.3 Å². The van der Waals surface area contributed by atoms with E-state index in [-0.39, 0.29) is 6.10 Å². The summed E-state index contributed by atoms with van der Waals surface area (Å²) in [7, 11) is 0.